The Kier molecular flexibility index (Phi) is 5.24. The number of halogens is 3. The van der Waals surface area contributed by atoms with Crippen molar-refractivity contribution >= 4 is 23.1 Å². The maximum atomic E-state index is 13.1. The molecule has 0 unspecified atom stereocenters. The molecule has 9 heteroatoms. The zero-order chi connectivity index (χ0) is 20.6. The van der Waals surface area contributed by atoms with E-state index in [2.05, 4.69) is 20.2 Å². The van der Waals surface area contributed by atoms with E-state index in [1.54, 1.807) is 0 Å². The minimum Gasteiger partial charge on any atom is -0.399 e. The van der Waals surface area contributed by atoms with Crippen LogP contribution in [0.25, 0.3) is 0 Å². The molecule has 2 aromatic rings. The normalized spacial score (nSPS) is 19.7. The topological polar surface area (TPSA) is 93.1 Å². The van der Waals surface area contributed by atoms with Gasteiger partial charge in [0.15, 0.2) is 0 Å². The fourth-order valence-corrected chi connectivity index (χ4v) is 4.11. The molecule has 1 aliphatic carbocycles. The molecule has 29 heavy (non-hydrogen) atoms. The molecule has 1 saturated heterocycles. The second-order valence-electron chi connectivity index (χ2n) is 7.82. The van der Waals surface area contributed by atoms with Gasteiger partial charge in [-0.15, -0.1) is 0 Å². The summed E-state index contributed by atoms with van der Waals surface area (Å²) in [4.78, 5) is 11.5. The first-order valence-electron chi connectivity index (χ1n) is 9.95. The van der Waals surface area contributed by atoms with Crippen LogP contribution in [-0.4, -0.2) is 29.1 Å². The minimum absolute atomic E-state index is 0.0301. The second kappa shape index (κ2) is 7.70. The Morgan fingerprint density at radius 3 is 2.62 bits per heavy atom. The summed E-state index contributed by atoms with van der Waals surface area (Å²) >= 11 is 0. The molecule has 0 bridgehead atoms. The van der Waals surface area contributed by atoms with E-state index >= 15 is 0 Å². The number of nitrogen functional groups attached to an aromatic ring is 1. The number of alkyl halides is 3. The van der Waals surface area contributed by atoms with Crippen LogP contribution in [0.1, 0.15) is 42.5 Å². The van der Waals surface area contributed by atoms with Crippen LogP contribution in [0.2, 0.25) is 0 Å². The van der Waals surface area contributed by atoms with E-state index in [0.29, 0.717) is 5.95 Å². The monoisotopic (exact) mass is 406 g/mol. The van der Waals surface area contributed by atoms with Crippen molar-refractivity contribution in [1.82, 2.24) is 9.97 Å². The highest BCUT2D eigenvalue weighted by Crippen LogP contribution is 2.35. The van der Waals surface area contributed by atoms with Gasteiger partial charge in [-0.25, -0.2) is 4.98 Å². The number of aryl methyl sites for hydroxylation is 1. The Morgan fingerprint density at radius 2 is 1.86 bits per heavy atom. The molecule has 2 heterocycles. The van der Waals surface area contributed by atoms with Crippen LogP contribution in [0.4, 0.5) is 36.3 Å². The van der Waals surface area contributed by atoms with Gasteiger partial charge in [-0.2, -0.15) is 18.2 Å². The molecule has 0 amide bonds. The van der Waals surface area contributed by atoms with Crippen molar-refractivity contribution in [2.24, 2.45) is 5.73 Å². The summed E-state index contributed by atoms with van der Waals surface area (Å²) in [6, 6.07) is 3.49. The molecule has 0 saturated carbocycles. The van der Waals surface area contributed by atoms with Gasteiger partial charge in [0.1, 0.15) is 5.82 Å². The van der Waals surface area contributed by atoms with E-state index in [1.807, 2.05) is 0 Å². The zero-order valence-corrected chi connectivity index (χ0v) is 16.1. The highest BCUT2D eigenvalue weighted by Gasteiger charge is 2.31. The van der Waals surface area contributed by atoms with Gasteiger partial charge in [-0.05, 0) is 56.7 Å². The Labute approximate surface area is 167 Å². The number of nitrogens with two attached hydrogens (primary N) is 2. The molecule has 156 valence electrons. The lowest BCUT2D eigenvalue weighted by molar-refractivity contribution is -0.137. The van der Waals surface area contributed by atoms with Gasteiger partial charge >= 0.3 is 6.18 Å². The van der Waals surface area contributed by atoms with Gasteiger partial charge in [0.2, 0.25) is 5.95 Å². The number of hydrogen-bond acceptors (Lipinski definition) is 6. The van der Waals surface area contributed by atoms with Crippen molar-refractivity contribution in [3.63, 3.8) is 0 Å². The molecule has 4 rings (SSSR count). The fourth-order valence-electron chi connectivity index (χ4n) is 4.11. The van der Waals surface area contributed by atoms with Crippen LogP contribution in [0.5, 0.6) is 0 Å². The van der Waals surface area contributed by atoms with Crippen LogP contribution < -0.4 is 21.7 Å². The van der Waals surface area contributed by atoms with Gasteiger partial charge in [0.25, 0.3) is 0 Å². The first-order valence-corrected chi connectivity index (χ1v) is 9.95. The average Bonchev–Trinajstić information content (AvgIpc) is 2.66. The summed E-state index contributed by atoms with van der Waals surface area (Å²) in [7, 11) is 0. The molecule has 1 fully saturated rings. The maximum absolute atomic E-state index is 13.1. The smallest absolute Gasteiger partial charge is 0.399 e. The Hall–Kier alpha value is -2.55. The van der Waals surface area contributed by atoms with Gasteiger partial charge in [-0.1, -0.05) is 0 Å². The first-order chi connectivity index (χ1) is 13.8. The quantitative estimate of drug-likeness (QED) is 0.674. The van der Waals surface area contributed by atoms with Crippen molar-refractivity contribution in [3.8, 4) is 0 Å². The predicted octanol–water partition coefficient (Wildman–Crippen LogP) is 3.63. The number of piperidine rings is 1. The SMILES string of the molecule is Nc1cc(Nc2nc3c(c(N4CCC[C@@H](N)C4)n2)CCCC3)cc(C(F)(F)F)c1. The highest BCUT2D eigenvalue weighted by atomic mass is 19.4. The standard InChI is InChI=1S/C20H25F3N6/c21-20(22,23)12-8-14(25)10-15(9-12)26-19-27-17-6-2-1-5-16(17)18(28-19)29-7-3-4-13(24)11-29/h8-10,13H,1-7,11,24-25H2,(H,26,27,28)/t13-/m1/s1. The van der Waals surface area contributed by atoms with E-state index in [4.69, 9.17) is 11.5 Å². The number of hydrogen-bond donors (Lipinski definition) is 3. The van der Waals surface area contributed by atoms with E-state index in [0.717, 1.165) is 80.8 Å². The van der Waals surface area contributed by atoms with Crippen molar-refractivity contribution < 1.29 is 13.2 Å². The molecule has 0 radical (unpaired) electrons. The van der Waals surface area contributed by atoms with Gasteiger partial charge in [0, 0.05) is 36.1 Å². The number of benzene rings is 1. The molecule has 1 aliphatic heterocycles. The number of nitrogens with zero attached hydrogens (tertiary/aromatic N) is 3. The Balaban J connectivity index is 1.70. The van der Waals surface area contributed by atoms with E-state index < -0.39 is 11.7 Å². The van der Waals surface area contributed by atoms with Crippen molar-refractivity contribution in [2.75, 3.05) is 29.0 Å². The first kappa shape index (κ1) is 19.8. The van der Waals surface area contributed by atoms with Crippen LogP contribution in [0.15, 0.2) is 18.2 Å². The number of anilines is 4. The Morgan fingerprint density at radius 1 is 1.07 bits per heavy atom. The van der Waals surface area contributed by atoms with Crippen molar-refractivity contribution in [1.29, 1.82) is 0 Å². The molecule has 5 N–H and O–H groups in total. The molecule has 1 aromatic carbocycles. The molecule has 1 aromatic heterocycles. The van der Waals surface area contributed by atoms with Crippen LogP contribution in [0, 0.1) is 0 Å². The van der Waals surface area contributed by atoms with Gasteiger partial charge in [-0.3, -0.25) is 0 Å². The van der Waals surface area contributed by atoms with Crippen molar-refractivity contribution in [2.45, 2.75) is 50.7 Å². The summed E-state index contributed by atoms with van der Waals surface area (Å²) in [5, 5.41) is 2.94. The van der Waals surface area contributed by atoms with Crippen molar-refractivity contribution in [3.05, 3.63) is 35.0 Å². The van der Waals surface area contributed by atoms with Gasteiger partial charge in [0.05, 0.1) is 11.3 Å². The molecular formula is C20H25F3N6. The predicted molar refractivity (Wildman–Crippen MR) is 107 cm³/mol. The molecular weight excluding hydrogens is 381 g/mol. The van der Waals surface area contributed by atoms with E-state index in [-0.39, 0.29) is 17.4 Å². The van der Waals surface area contributed by atoms with Crippen LogP contribution in [-0.2, 0) is 19.0 Å². The third kappa shape index (κ3) is 4.39. The van der Waals surface area contributed by atoms with Gasteiger partial charge < -0.3 is 21.7 Å². The molecule has 0 spiro atoms. The molecule has 2 aliphatic rings. The summed E-state index contributed by atoms with van der Waals surface area (Å²) in [6.07, 6.45) is 1.37. The summed E-state index contributed by atoms with van der Waals surface area (Å²) < 4.78 is 39.4. The number of aromatic nitrogens is 2. The largest absolute Gasteiger partial charge is 0.416 e. The van der Waals surface area contributed by atoms with E-state index in [9.17, 15) is 13.2 Å². The molecule has 6 nitrogen and oxygen atoms in total. The second-order valence-corrected chi connectivity index (χ2v) is 7.82. The lowest BCUT2D eigenvalue weighted by Gasteiger charge is -2.34. The summed E-state index contributed by atoms with van der Waals surface area (Å²) in [6.45, 7) is 1.59. The maximum Gasteiger partial charge on any atom is 0.416 e. The van der Waals surface area contributed by atoms with Crippen LogP contribution in [0.3, 0.4) is 0 Å². The lowest BCUT2D eigenvalue weighted by atomic mass is 9.95. The number of rotatable bonds is 3. The minimum atomic E-state index is -4.47. The highest BCUT2D eigenvalue weighted by molar-refractivity contribution is 5.64. The Bertz CT molecular complexity index is 899. The summed E-state index contributed by atoms with van der Waals surface area (Å²) in [5.41, 5.74) is 13.4. The number of nitrogens with one attached hydrogen (secondary N) is 1. The third-order valence-corrected chi connectivity index (χ3v) is 5.46. The summed E-state index contributed by atoms with van der Waals surface area (Å²) in [5.74, 6) is 1.14. The molecule has 1 atom stereocenters. The van der Waals surface area contributed by atoms with E-state index in [1.165, 1.54) is 6.07 Å². The zero-order valence-electron chi connectivity index (χ0n) is 16.1. The average molecular weight is 406 g/mol. The number of fused-ring (bicyclic) bond motifs is 1. The lowest BCUT2D eigenvalue weighted by Crippen LogP contribution is -2.43. The fraction of sp³-hybridized carbons (Fsp3) is 0.500. The van der Waals surface area contributed by atoms with Crippen LogP contribution >= 0.6 is 0 Å². The third-order valence-electron chi connectivity index (χ3n) is 5.46.